The summed E-state index contributed by atoms with van der Waals surface area (Å²) in [5, 5.41) is 21.5. The van der Waals surface area contributed by atoms with Crippen molar-refractivity contribution in [1.82, 2.24) is 0 Å². The van der Waals surface area contributed by atoms with Gasteiger partial charge in [0.05, 0.1) is 5.56 Å². The molecule has 2 aromatic rings. The maximum atomic E-state index is 11.5. The topological polar surface area (TPSA) is 52.5 Å². The minimum absolute atomic E-state index is 0. The van der Waals surface area contributed by atoms with E-state index in [1.807, 2.05) is 54.6 Å². The molecule has 122 valence electrons. The number of aliphatic hydroxyl groups excluding tert-OH is 1. The van der Waals surface area contributed by atoms with Crippen molar-refractivity contribution in [3.63, 3.8) is 0 Å². The molecule has 0 fully saturated rings. The first-order valence-electron chi connectivity index (χ1n) is 7.31. The Morgan fingerprint density at radius 1 is 1.08 bits per heavy atom. The predicted octanol–water partition coefficient (Wildman–Crippen LogP) is 4.14. The van der Waals surface area contributed by atoms with E-state index in [1.54, 1.807) is 13.0 Å². The van der Waals surface area contributed by atoms with Crippen molar-refractivity contribution in [1.29, 1.82) is 0 Å². The van der Waals surface area contributed by atoms with E-state index in [2.05, 4.69) is 0 Å². The van der Waals surface area contributed by atoms with Gasteiger partial charge >= 0.3 is 17.1 Å². The van der Waals surface area contributed by atoms with Gasteiger partial charge in [-0.2, -0.15) is 18.2 Å². The molecule has 1 aliphatic heterocycles. The van der Waals surface area contributed by atoms with Crippen LogP contribution in [0.1, 0.15) is 11.1 Å². The van der Waals surface area contributed by atoms with Crippen LogP contribution in [0.3, 0.4) is 0 Å². The maximum Gasteiger partial charge on any atom is 2.00 e. The third kappa shape index (κ3) is 3.85. The summed E-state index contributed by atoms with van der Waals surface area (Å²) < 4.78 is 5.72. The Labute approximate surface area is 151 Å². The minimum Gasteiger partial charge on any atom is -0.872 e. The van der Waals surface area contributed by atoms with Gasteiger partial charge in [0.2, 0.25) is 0 Å². The fourth-order valence-corrected chi connectivity index (χ4v) is 2.30. The van der Waals surface area contributed by atoms with Crippen molar-refractivity contribution in [3.8, 4) is 11.5 Å². The van der Waals surface area contributed by atoms with Crippen LogP contribution in [-0.2, 0) is 17.1 Å². The van der Waals surface area contributed by atoms with Gasteiger partial charge in [-0.05, 0) is 13.0 Å². The Bertz CT molecular complexity index is 794. The molecule has 0 radical (unpaired) electrons. The zero-order valence-corrected chi connectivity index (χ0v) is 14.1. The predicted molar refractivity (Wildman–Crippen MR) is 89.2 cm³/mol. The monoisotopic (exact) mass is 360 g/mol. The molecule has 4 rings (SSSR count). The van der Waals surface area contributed by atoms with Gasteiger partial charge in [0.15, 0.2) is 0 Å². The molecule has 3 nitrogen and oxygen atoms in total. The number of allylic oxidation sites excluding steroid dienone is 6. The molecule has 2 aromatic carbocycles. The van der Waals surface area contributed by atoms with Crippen LogP contribution in [-0.4, -0.2) is 5.11 Å². The maximum absolute atomic E-state index is 11.5. The molecule has 0 saturated carbocycles. The Morgan fingerprint density at radius 3 is 2.33 bits per heavy atom. The van der Waals surface area contributed by atoms with Gasteiger partial charge in [0, 0.05) is 11.6 Å². The summed E-state index contributed by atoms with van der Waals surface area (Å²) >= 11 is 0. The van der Waals surface area contributed by atoms with E-state index in [-0.39, 0.29) is 28.6 Å². The van der Waals surface area contributed by atoms with Gasteiger partial charge < -0.3 is 14.9 Å². The van der Waals surface area contributed by atoms with Crippen LogP contribution in [0.5, 0.6) is 11.5 Å². The molecular formula is C20H16FeO3. The van der Waals surface area contributed by atoms with Crippen molar-refractivity contribution in [2.75, 3.05) is 0 Å². The number of aliphatic hydroxyl groups is 1. The second kappa shape index (κ2) is 7.82. The van der Waals surface area contributed by atoms with E-state index in [9.17, 15) is 10.2 Å². The molecule has 1 aliphatic carbocycles. The van der Waals surface area contributed by atoms with Crippen LogP contribution in [0.25, 0.3) is 5.76 Å². The van der Waals surface area contributed by atoms with Crippen LogP contribution in [0.4, 0.5) is 0 Å². The molecule has 0 spiro atoms. The molecule has 0 saturated heterocycles. The molecular weight excluding hydrogens is 344 g/mol. The van der Waals surface area contributed by atoms with Crippen LogP contribution in [0.15, 0.2) is 84.2 Å². The van der Waals surface area contributed by atoms with Crippen molar-refractivity contribution in [2.45, 2.75) is 6.92 Å². The van der Waals surface area contributed by atoms with E-state index < -0.39 is 0 Å². The molecule has 0 aromatic heterocycles. The average molecular weight is 360 g/mol. The Morgan fingerprint density at radius 2 is 1.75 bits per heavy atom. The van der Waals surface area contributed by atoms with E-state index >= 15 is 0 Å². The summed E-state index contributed by atoms with van der Waals surface area (Å²) in [6, 6.07) is 13.1. The number of rotatable bonds is 0. The summed E-state index contributed by atoms with van der Waals surface area (Å²) in [5.41, 5.74) is 1.95. The first kappa shape index (κ1) is 17.8. The molecule has 0 amide bonds. The van der Waals surface area contributed by atoms with E-state index in [1.165, 1.54) is 12.1 Å². The van der Waals surface area contributed by atoms with Gasteiger partial charge in [0.1, 0.15) is 17.3 Å². The van der Waals surface area contributed by atoms with Gasteiger partial charge in [-0.15, -0.1) is 5.75 Å². The summed E-state index contributed by atoms with van der Waals surface area (Å²) in [4.78, 5) is 0. The fraction of sp³-hybridized carbons (Fsp3) is 0.0500. The molecule has 0 bridgehead atoms. The zero-order valence-electron chi connectivity index (χ0n) is 13.0. The van der Waals surface area contributed by atoms with Gasteiger partial charge in [-0.1, -0.05) is 35.9 Å². The average Bonchev–Trinajstić information content (AvgIpc) is 3.25. The number of aryl methyl sites for hydroxylation is 1. The molecule has 1 heterocycles. The largest absolute Gasteiger partial charge is 2.00 e. The number of fused-ring (bicyclic) bond motifs is 1. The molecule has 0 unspecified atom stereocenters. The second-order valence-electron chi connectivity index (χ2n) is 5.25. The van der Waals surface area contributed by atoms with E-state index in [0.717, 1.165) is 5.57 Å². The summed E-state index contributed by atoms with van der Waals surface area (Å²) in [5.74, 6) is 1.06. The summed E-state index contributed by atoms with van der Waals surface area (Å²) in [6.07, 6.45) is 9.14. The van der Waals surface area contributed by atoms with Crippen LogP contribution in [0.2, 0.25) is 0 Å². The number of benzene rings is 1. The van der Waals surface area contributed by atoms with Gasteiger partial charge in [-0.25, -0.2) is 12.1 Å². The van der Waals surface area contributed by atoms with Crippen LogP contribution in [0, 0.1) is 6.92 Å². The van der Waals surface area contributed by atoms with Gasteiger partial charge in [0.25, 0.3) is 0 Å². The number of hydrogen-bond acceptors (Lipinski definition) is 3. The third-order valence-electron chi connectivity index (χ3n) is 3.54. The molecule has 4 heteroatoms. The quantitative estimate of drug-likeness (QED) is 0.567. The van der Waals surface area contributed by atoms with Crippen LogP contribution < -0.4 is 9.84 Å². The van der Waals surface area contributed by atoms with Crippen molar-refractivity contribution < 1.29 is 32.0 Å². The molecule has 1 N–H and O–H groups in total. The number of hydrogen-bond donors (Lipinski definition) is 1. The summed E-state index contributed by atoms with van der Waals surface area (Å²) in [6.45, 7) is 1.73. The van der Waals surface area contributed by atoms with Gasteiger partial charge in [-0.3, -0.25) is 0 Å². The molecule has 0 atom stereocenters. The fourth-order valence-electron chi connectivity index (χ4n) is 2.30. The molecule has 24 heavy (non-hydrogen) atoms. The smallest absolute Gasteiger partial charge is 0.872 e. The second-order valence-corrected chi connectivity index (χ2v) is 5.25. The van der Waals surface area contributed by atoms with Crippen molar-refractivity contribution >= 4 is 5.76 Å². The Kier molecular flexibility index (Phi) is 5.80. The standard InChI is InChI=1S/C15H12O3.C5H5.Fe/c1-9-6-15-11(7-12(9)16)13(17)8-14(18-15)10-4-2-3-5-10;1-2-4-5-3-1;/h2-8,16-17H,1H3;1-5H;/q;-1;+2/p-1. The Balaban J connectivity index is 0.000000300. The summed E-state index contributed by atoms with van der Waals surface area (Å²) in [7, 11) is 0. The minimum atomic E-state index is -0.103. The number of ether oxygens (including phenoxy) is 1. The normalized spacial score (nSPS) is 14.1. The molecule has 2 aliphatic rings. The van der Waals surface area contributed by atoms with Crippen molar-refractivity contribution in [3.05, 3.63) is 95.3 Å². The third-order valence-corrected chi connectivity index (χ3v) is 3.54. The first-order valence-corrected chi connectivity index (χ1v) is 7.31. The van der Waals surface area contributed by atoms with Crippen LogP contribution >= 0.6 is 0 Å². The van der Waals surface area contributed by atoms with E-state index in [0.29, 0.717) is 22.6 Å². The van der Waals surface area contributed by atoms with E-state index in [4.69, 9.17) is 4.74 Å². The Hall–Kier alpha value is -2.55. The zero-order chi connectivity index (χ0) is 16.2. The van der Waals surface area contributed by atoms with Crippen molar-refractivity contribution in [2.24, 2.45) is 0 Å². The SMILES string of the molecule is Cc1cc2c(cc1[O-])C(O)=CC(=C1C=CC=C1)O2.[Fe+2].c1cc[cH-]c1. The first-order chi connectivity index (χ1) is 11.1.